The molecule has 7 heteroatoms. The highest BCUT2D eigenvalue weighted by Crippen LogP contribution is 2.34. The van der Waals surface area contributed by atoms with Gasteiger partial charge in [0.1, 0.15) is 5.69 Å². The molecule has 4 rings (SSSR count). The third-order valence-electron chi connectivity index (χ3n) is 4.08. The van der Waals surface area contributed by atoms with E-state index in [1.807, 2.05) is 25.1 Å². The summed E-state index contributed by atoms with van der Waals surface area (Å²) in [6.07, 6.45) is 1.75. The van der Waals surface area contributed by atoms with Crippen molar-refractivity contribution in [3.8, 4) is 22.7 Å². The van der Waals surface area contributed by atoms with Gasteiger partial charge in [0.25, 0.3) is 0 Å². The van der Waals surface area contributed by atoms with E-state index in [1.54, 1.807) is 36.1 Å². The van der Waals surface area contributed by atoms with Crippen LogP contribution in [0.4, 0.5) is 0 Å². The number of benzene rings is 2. The average Bonchev–Trinajstić information content (AvgIpc) is 2.97. The van der Waals surface area contributed by atoms with Gasteiger partial charge in [0, 0.05) is 23.8 Å². The van der Waals surface area contributed by atoms with Crippen LogP contribution < -0.4 is 5.63 Å². The van der Waals surface area contributed by atoms with Crippen LogP contribution in [0.1, 0.15) is 5.56 Å². The van der Waals surface area contributed by atoms with Gasteiger partial charge in [-0.3, -0.25) is 4.68 Å². The van der Waals surface area contributed by atoms with Gasteiger partial charge in [-0.2, -0.15) is 5.10 Å². The summed E-state index contributed by atoms with van der Waals surface area (Å²) in [5, 5.41) is 5.84. The monoisotopic (exact) mass is 385 g/mol. The first-order valence-electron chi connectivity index (χ1n) is 7.84. The Kier molecular flexibility index (Phi) is 4.05. The minimum atomic E-state index is -0.496. The lowest BCUT2D eigenvalue weighted by atomic mass is 10.1. The van der Waals surface area contributed by atoms with Crippen molar-refractivity contribution >= 4 is 34.1 Å². The third-order valence-corrected chi connectivity index (χ3v) is 4.62. The van der Waals surface area contributed by atoms with E-state index in [2.05, 4.69) is 10.1 Å². The number of fused-ring (bicyclic) bond motifs is 1. The summed E-state index contributed by atoms with van der Waals surface area (Å²) in [7, 11) is 1.79. The summed E-state index contributed by atoms with van der Waals surface area (Å²) < 4.78 is 7.11. The van der Waals surface area contributed by atoms with Gasteiger partial charge in [0.15, 0.2) is 0 Å². The summed E-state index contributed by atoms with van der Waals surface area (Å²) in [5.41, 5.74) is 2.78. The number of hydrogen-bond donors (Lipinski definition) is 0. The van der Waals surface area contributed by atoms with Crippen molar-refractivity contribution in [1.82, 2.24) is 14.8 Å². The minimum Gasteiger partial charge on any atom is -0.403 e. The van der Waals surface area contributed by atoms with E-state index >= 15 is 0 Å². The van der Waals surface area contributed by atoms with Gasteiger partial charge in [-0.25, -0.2) is 9.78 Å². The quantitative estimate of drug-likeness (QED) is 0.493. The molecule has 4 aromatic rings. The van der Waals surface area contributed by atoms with Crippen molar-refractivity contribution in [3.05, 3.63) is 68.6 Å². The number of hydrogen-bond acceptors (Lipinski definition) is 4. The molecule has 5 nitrogen and oxygen atoms in total. The summed E-state index contributed by atoms with van der Waals surface area (Å²) in [6, 6.07) is 10.7. The molecular weight excluding hydrogens is 373 g/mol. The molecule has 130 valence electrons. The second-order valence-electron chi connectivity index (χ2n) is 5.97. The molecule has 0 amide bonds. The Bertz CT molecular complexity index is 1210. The van der Waals surface area contributed by atoms with Crippen LogP contribution in [0.2, 0.25) is 10.0 Å². The zero-order chi connectivity index (χ0) is 18.4. The molecule has 2 aromatic heterocycles. The van der Waals surface area contributed by atoms with Crippen molar-refractivity contribution < 1.29 is 4.42 Å². The Labute approximate surface area is 158 Å². The Hall–Kier alpha value is -2.63. The lowest BCUT2D eigenvalue weighted by Gasteiger charge is -2.06. The fourth-order valence-corrected chi connectivity index (χ4v) is 3.42. The molecule has 0 unspecified atom stereocenters. The van der Waals surface area contributed by atoms with Crippen molar-refractivity contribution in [3.63, 3.8) is 0 Å². The molecule has 0 saturated carbocycles. The SMILES string of the molecule is Cc1cc(Cl)cc2c(=O)oc(-c3cn(C)nc3-c3ccccc3Cl)nc12. The van der Waals surface area contributed by atoms with Gasteiger partial charge < -0.3 is 4.42 Å². The number of aromatic nitrogens is 3. The molecule has 0 aliphatic rings. The normalized spacial score (nSPS) is 11.2. The van der Waals surface area contributed by atoms with Gasteiger partial charge >= 0.3 is 5.63 Å². The molecule has 26 heavy (non-hydrogen) atoms. The molecule has 0 bridgehead atoms. The van der Waals surface area contributed by atoms with Crippen LogP contribution in [-0.2, 0) is 7.05 Å². The van der Waals surface area contributed by atoms with E-state index in [1.165, 1.54) is 0 Å². The first-order chi connectivity index (χ1) is 12.4. The van der Waals surface area contributed by atoms with Crippen LogP contribution in [-0.4, -0.2) is 14.8 Å². The predicted octanol–water partition coefficient (Wildman–Crippen LogP) is 4.87. The topological polar surface area (TPSA) is 60.9 Å². The third kappa shape index (κ3) is 2.79. The number of halogens is 2. The summed E-state index contributed by atoms with van der Waals surface area (Å²) in [5.74, 6) is 0.191. The molecule has 0 aliphatic heterocycles. The highest BCUT2D eigenvalue weighted by Gasteiger charge is 2.19. The van der Waals surface area contributed by atoms with E-state index in [-0.39, 0.29) is 5.89 Å². The lowest BCUT2D eigenvalue weighted by Crippen LogP contribution is -2.04. The molecule has 0 fully saturated rings. The second-order valence-corrected chi connectivity index (χ2v) is 6.81. The molecule has 0 N–H and O–H groups in total. The Morgan fingerprint density at radius 3 is 2.65 bits per heavy atom. The number of aryl methyl sites for hydroxylation is 2. The summed E-state index contributed by atoms with van der Waals surface area (Å²) in [4.78, 5) is 17.0. The van der Waals surface area contributed by atoms with E-state index < -0.39 is 5.63 Å². The van der Waals surface area contributed by atoms with Gasteiger partial charge in [-0.05, 0) is 30.7 Å². The van der Waals surface area contributed by atoms with Crippen molar-refractivity contribution in [2.75, 3.05) is 0 Å². The molecule has 0 aliphatic carbocycles. The van der Waals surface area contributed by atoms with Crippen LogP contribution in [0.25, 0.3) is 33.6 Å². The smallest absolute Gasteiger partial charge is 0.347 e. The maximum Gasteiger partial charge on any atom is 0.347 e. The molecule has 2 aromatic carbocycles. The molecule has 0 saturated heterocycles. The van der Waals surface area contributed by atoms with Crippen molar-refractivity contribution in [2.45, 2.75) is 6.92 Å². The fraction of sp³-hybridized carbons (Fsp3) is 0.105. The van der Waals surface area contributed by atoms with Gasteiger partial charge in [0.05, 0.1) is 21.5 Å². The number of rotatable bonds is 2. The highest BCUT2D eigenvalue weighted by atomic mass is 35.5. The van der Waals surface area contributed by atoms with E-state index in [0.29, 0.717) is 32.2 Å². The van der Waals surface area contributed by atoms with E-state index in [4.69, 9.17) is 27.6 Å². The highest BCUT2D eigenvalue weighted by molar-refractivity contribution is 6.33. The molecule has 2 heterocycles. The van der Waals surface area contributed by atoms with Crippen LogP contribution >= 0.6 is 23.2 Å². The van der Waals surface area contributed by atoms with Crippen LogP contribution in [0.15, 0.2) is 51.8 Å². The lowest BCUT2D eigenvalue weighted by molar-refractivity contribution is 0.518. The Balaban J connectivity index is 2.01. The largest absolute Gasteiger partial charge is 0.403 e. The van der Waals surface area contributed by atoms with Gasteiger partial charge in [0.2, 0.25) is 5.89 Å². The standard InChI is InChI=1S/C19H13Cl2N3O2/c1-10-7-11(20)8-13-16(10)22-18(26-19(13)25)14-9-24(2)23-17(14)12-5-3-4-6-15(12)21/h3-9H,1-2H3. The van der Waals surface area contributed by atoms with Crippen LogP contribution in [0, 0.1) is 6.92 Å². The first kappa shape index (κ1) is 16.8. The average molecular weight is 386 g/mol. The van der Waals surface area contributed by atoms with Crippen LogP contribution in [0.5, 0.6) is 0 Å². The van der Waals surface area contributed by atoms with Crippen LogP contribution in [0.3, 0.4) is 0 Å². The first-order valence-corrected chi connectivity index (χ1v) is 8.59. The Morgan fingerprint density at radius 1 is 1.12 bits per heavy atom. The second kappa shape index (κ2) is 6.27. The van der Waals surface area contributed by atoms with Crippen molar-refractivity contribution in [1.29, 1.82) is 0 Å². The summed E-state index contributed by atoms with van der Waals surface area (Å²) >= 11 is 12.4. The Morgan fingerprint density at radius 2 is 1.88 bits per heavy atom. The molecule has 0 atom stereocenters. The maximum absolute atomic E-state index is 12.5. The van der Waals surface area contributed by atoms with Gasteiger partial charge in [-0.15, -0.1) is 0 Å². The fourth-order valence-electron chi connectivity index (χ4n) is 2.92. The number of nitrogens with zero attached hydrogens (tertiary/aromatic N) is 3. The maximum atomic E-state index is 12.5. The molecule has 0 radical (unpaired) electrons. The summed E-state index contributed by atoms with van der Waals surface area (Å²) in [6.45, 7) is 1.85. The molecule has 0 spiro atoms. The van der Waals surface area contributed by atoms with E-state index in [9.17, 15) is 4.79 Å². The molecular formula is C19H13Cl2N3O2. The van der Waals surface area contributed by atoms with Crippen molar-refractivity contribution in [2.24, 2.45) is 7.05 Å². The van der Waals surface area contributed by atoms with Gasteiger partial charge in [-0.1, -0.05) is 41.4 Å². The predicted molar refractivity (Wildman–Crippen MR) is 103 cm³/mol. The zero-order valence-corrected chi connectivity index (χ0v) is 15.5. The minimum absolute atomic E-state index is 0.191. The van der Waals surface area contributed by atoms with E-state index in [0.717, 1.165) is 11.1 Å². The zero-order valence-electron chi connectivity index (χ0n) is 14.0.